The fourth-order valence-corrected chi connectivity index (χ4v) is 1.82. The predicted octanol–water partition coefficient (Wildman–Crippen LogP) is 2.64. The number of ether oxygens (including phenoxy) is 1. The molecule has 2 rings (SSSR count). The molecule has 0 aliphatic carbocycles. The fraction of sp³-hybridized carbons (Fsp3) is 0.533. The van der Waals surface area contributed by atoms with Gasteiger partial charge in [-0.25, -0.2) is 4.79 Å². The first-order chi connectivity index (χ1) is 8.95. The van der Waals surface area contributed by atoms with Crippen molar-refractivity contribution in [1.29, 1.82) is 0 Å². The van der Waals surface area contributed by atoms with Crippen molar-refractivity contribution in [3.05, 3.63) is 30.3 Å². The second kappa shape index (κ2) is 5.61. The average Bonchev–Trinajstić information content (AvgIpc) is 2.76. The standard InChI is InChI=1S/C15H21NO3/c1-15(2,3)14(17)19-16-10-9-13(11-16)18-12-7-5-4-6-8-12/h4-8,13H,9-11H2,1-3H3/t13-/m0/s1. The number of carbonyl (C=O) groups excluding carboxylic acids is 1. The summed E-state index contributed by atoms with van der Waals surface area (Å²) in [6.45, 7) is 6.89. The summed E-state index contributed by atoms with van der Waals surface area (Å²) in [6, 6.07) is 9.72. The molecular formula is C15H21NO3. The number of nitrogens with zero attached hydrogens (tertiary/aromatic N) is 1. The molecule has 0 bridgehead atoms. The lowest BCUT2D eigenvalue weighted by Gasteiger charge is -2.21. The quantitative estimate of drug-likeness (QED) is 0.840. The van der Waals surface area contributed by atoms with Crippen LogP contribution in [0.5, 0.6) is 5.75 Å². The lowest BCUT2D eigenvalue weighted by molar-refractivity contribution is -0.196. The predicted molar refractivity (Wildman–Crippen MR) is 72.6 cm³/mol. The van der Waals surface area contributed by atoms with E-state index in [4.69, 9.17) is 9.57 Å². The van der Waals surface area contributed by atoms with E-state index in [2.05, 4.69) is 0 Å². The van der Waals surface area contributed by atoms with Gasteiger partial charge in [-0.2, -0.15) is 0 Å². The minimum absolute atomic E-state index is 0.0789. The van der Waals surface area contributed by atoms with Crippen LogP contribution in [0.25, 0.3) is 0 Å². The van der Waals surface area contributed by atoms with Crippen LogP contribution in [0, 0.1) is 5.41 Å². The van der Waals surface area contributed by atoms with Gasteiger partial charge in [-0.3, -0.25) is 0 Å². The first-order valence-electron chi connectivity index (χ1n) is 6.64. The summed E-state index contributed by atoms with van der Waals surface area (Å²) in [4.78, 5) is 17.1. The maximum atomic E-state index is 11.8. The average molecular weight is 263 g/mol. The van der Waals surface area contributed by atoms with Crippen LogP contribution in [0.1, 0.15) is 27.2 Å². The van der Waals surface area contributed by atoms with E-state index < -0.39 is 5.41 Å². The zero-order chi connectivity index (χ0) is 13.9. The van der Waals surface area contributed by atoms with Gasteiger partial charge in [0.1, 0.15) is 11.9 Å². The van der Waals surface area contributed by atoms with Crippen molar-refractivity contribution in [2.45, 2.75) is 33.3 Å². The van der Waals surface area contributed by atoms with E-state index >= 15 is 0 Å². The summed E-state index contributed by atoms with van der Waals surface area (Å²) in [7, 11) is 0. The molecule has 0 radical (unpaired) electrons. The minimum Gasteiger partial charge on any atom is -0.489 e. The summed E-state index contributed by atoms with van der Waals surface area (Å²) in [5, 5.41) is 1.70. The van der Waals surface area contributed by atoms with E-state index in [1.807, 2.05) is 51.1 Å². The van der Waals surface area contributed by atoms with Crippen LogP contribution in [0.2, 0.25) is 0 Å². The lowest BCUT2D eigenvalue weighted by atomic mass is 9.98. The second-order valence-electron chi connectivity index (χ2n) is 5.86. The Hall–Kier alpha value is -1.55. The Bertz CT molecular complexity index is 425. The molecule has 4 nitrogen and oxygen atoms in total. The Morgan fingerprint density at radius 1 is 1.26 bits per heavy atom. The van der Waals surface area contributed by atoms with Gasteiger partial charge in [0.25, 0.3) is 0 Å². The van der Waals surface area contributed by atoms with E-state index in [9.17, 15) is 4.79 Å². The number of benzene rings is 1. The van der Waals surface area contributed by atoms with E-state index in [0.717, 1.165) is 18.7 Å². The van der Waals surface area contributed by atoms with Crippen molar-refractivity contribution in [2.75, 3.05) is 13.1 Å². The van der Waals surface area contributed by atoms with Crippen LogP contribution in [-0.4, -0.2) is 30.2 Å². The highest BCUT2D eigenvalue weighted by Gasteiger charge is 2.31. The summed E-state index contributed by atoms with van der Waals surface area (Å²) in [5.41, 5.74) is -0.474. The van der Waals surface area contributed by atoms with Gasteiger partial charge >= 0.3 is 5.97 Å². The van der Waals surface area contributed by atoms with Gasteiger partial charge in [0.2, 0.25) is 0 Å². The Labute approximate surface area is 114 Å². The SMILES string of the molecule is CC(C)(C)C(=O)ON1CC[C@H](Oc2ccccc2)C1. The molecule has 0 unspecified atom stereocenters. The lowest BCUT2D eigenvalue weighted by Crippen LogP contribution is -2.33. The third kappa shape index (κ3) is 3.96. The van der Waals surface area contributed by atoms with Crippen molar-refractivity contribution in [3.8, 4) is 5.75 Å². The van der Waals surface area contributed by atoms with Crippen molar-refractivity contribution in [1.82, 2.24) is 5.06 Å². The van der Waals surface area contributed by atoms with E-state index in [1.165, 1.54) is 0 Å². The molecule has 0 N–H and O–H groups in total. The van der Waals surface area contributed by atoms with Gasteiger partial charge in [-0.05, 0) is 32.9 Å². The molecule has 19 heavy (non-hydrogen) atoms. The maximum Gasteiger partial charge on any atom is 0.330 e. The topological polar surface area (TPSA) is 38.8 Å². The van der Waals surface area contributed by atoms with Gasteiger partial charge in [-0.1, -0.05) is 18.2 Å². The zero-order valence-corrected chi connectivity index (χ0v) is 11.8. The molecule has 0 saturated carbocycles. The molecule has 1 saturated heterocycles. The Morgan fingerprint density at radius 2 is 1.95 bits per heavy atom. The number of hydrogen-bond acceptors (Lipinski definition) is 4. The molecule has 1 aromatic carbocycles. The molecule has 0 spiro atoms. The summed E-state index contributed by atoms with van der Waals surface area (Å²) in [5.74, 6) is 0.657. The molecule has 1 heterocycles. The number of carbonyl (C=O) groups is 1. The fourth-order valence-electron chi connectivity index (χ4n) is 1.82. The van der Waals surface area contributed by atoms with E-state index in [0.29, 0.717) is 6.54 Å². The number of hydroxylamine groups is 2. The zero-order valence-electron chi connectivity index (χ0n) is 11.8. The number of rotatable bonds is 3. The first kappa shape index (κ1) is 13.9. The summed E-state index contributed by atoms with van der Waals surface area (Å²) >= 11 is 0. The number of para-hydroxylation sites is 1. The smallest absolute Gasteiger partial charge is 0.330 e. The highest BCUT2D eigenvalue weighted by molar-refractivity contribution is 5.75. The van der Waals surface area contributed by atoms with Crippen LogP contribution in [0.4, 0.5) is 0 Å². The van der Waals surface area contributed by atoms with Crippen molar-refractivity contribution in [2.24, 2.45) is 5.41 Å². The molecule has 1 aliphatic rings. The van der Waals surface area contributed by atoms with Crippen LogP contribution in [0.15, 0.2) is 30.3 Å². The molecular weight excluding hydrogens is 242 g/mol. The maximum absolute atomic E-state index is 11.8. The Kier molecular flexibility index (Phi) is 4.10. The van der Waals surface area contributed by atoms with Gasteiger partial charge in [0.05, 0.1) is 12.0 Å². The van der Waals surface area contributed by atoms with Crippen molar-refractivity contribution < 1.29 is 14.4 Å². The van der Waals surface area contributed by atoms with Crippen LogP contribution in [0.3, 0.4) is 0 Å². The van der Waals surface area contributed by atoms with Crippen LogP contribution in [-0.2, 0) is 9.63 Å². The molecule has 1 atom stereocenters. The van der Waals surface area contributed by atoms with Crippen molar-refractivity contribution in [3.63, 3.8) is 0 Å². The molecule has 0 aromatic heterocycles. The molecule has 0 amide bonds. The first-order valence-corrected chi connectivity index (χ1v) is 6.64. The molecule has 1 aliphatic heterocycles. The van der Waals surface area contributed by atoms with E-state index in [1.54, 1.807) is 5.06 Å². The monoisotopic (exact) mass is 263 g/mol. The molecule has 1 fully saturated rings. The molecule has 4 heteroatoms. The van der Waals surface area contributed by atoms with Crippen LogP contribution < -0.4 is 4.74 Å². The minimum atomic E-state index is -0.474. The third-order valence-corrected chi connectivity index (χ3v) is 2.98. The highest BCUT2D eigenvalue weighted by Crippen LogP contribution is 2.21. The van der Waals surface area contributed by atoms with Gasteiger partial charge in [-0.15, -0.1) is 5.06 Å². The third-order valence-electron chi connectivity index (χ3n) is 2.98. The van der Waals surface area contributed by atoms with Crippen LogP contribution >= 0.6 is 0 Å². The number of hydrogen-bond donors (Lipinski definition) is 0. The van der Waals surface area contributed by atoms with Gasteiger partial charge in [0.15, 0.2) is 0 Å². The summed E-state index contributed by atoms with van der Waals surface area (Å²) in [6.07, 6.45) is 0.946. The second-order valence-corrected chi connectivity index (χ2v) is 5.86. The summed E-state index contributed by atoms with van der Waals surface area (Å²) < 4.78 is 5.84. The molecule has 104 valence electrons. The highest BCUT2D eigenvalue weighted by atomic mass is 16.7. The largest absolute Gasteiger partial charge is 0.489 e. The normalized spacial score (nSPS) is 20.3. The molecule has 1 aromatic rings. The van der Waals surface area contributed by atoms with E-state index in [-0.39, 0.29) is 12.1 Å². The Morgan fingerprint density at radius 3 is 2.58 bits per heavy atom. The van der Waals surface area contributed by atoms with Gasteiger partial charge < -0.3 is 9.57 Å². The Balaban J connectivity index is 1.82. The van der Waals surface area contributed by atoms with Crippen molar-refractivity contribution >= 4 is 5.97 Å². The van der Waals surface area contributed by atoms with Gasteiger partial charge in [0, 0.05) is 13.0 Å².